The standard InChI is InChI=1S/C17H22N4O2/c1-12-6-4-7-13(2)15(12)21-16(22)14-8-10-19-17(20-14)18-9-5-11-23-3/h4,6-8,10H,5,9,11H2,1-3H3,(H,21,22)(H,18,19,20). The maximum Gasteiger partial charge on any atom is 0.274 e. The van der Waals surface area contributed by atoms with Gasteiger partial charge in [-0.25, -0.2) is 9.97 Å². The Labute approximate surface area is 136 Å². The second kappa shape index (κ2) is 8.24. The summed E-state index contributed by atoms with van der Waals surface area (Å²) < 4.78 is 4.99. The molecule has 0 saturated heterocycles. The average molecular weight is 314 g/mol. The van der Waals surface area contributed by atoms with Crippen LogP contribution in [0.5, 0.6) is 0 Å². The second-order valence-electron chi connectivity index (χ2n) is 5.26. The summed E-state index contributed by atoms with van der Waals surface area (Å²) in [5.74, 6) is 0.194. The van der Waals surface area contributed by atoms with Crippen LogP contribution >= 0.6 is 0 Å². The number of aryl methyl sites for hydroxylation is 2. The van der Waals surface area contributed by atoms with Crippen LogP contribution in [0.25, 0.3) is 0 Å². The van der Waals surface area contributed by atoms with Gasteiger partial charge in [-0.2, -0.15) is 0 Å². The number of hydrogen-bond donors (Lipinski definition) is 2. The normalized spacial score (nSPS) is 10.4. The Balaban J connectivity index is 2.05. The molecule has 0 radical (unpaired) electrons. The van der Waals surface area contributed by atoms with Crippen molar-refractivity contribution in [2.45, 2.75) is 20.3 Å². The van der Waals surface area contributed by atoms with Crippen LogP contribution in [0.15, 0.2) is 30.5 Å². The third kappa shape index (κ3) is 4.75. The summed E-state index contributed by atoms with van der Waals surface area (Å²) in [6, 6.07) is 7.49. The van der Waals surface area contributed by atoms with E-state index in [0.717, 1.165) is 23.2 Å². The highest BCUT2D eigenvalue weighted by Gasteiger charge is 2.11. The van der Waals surface area contributed by atoms with Crippen molar-refractivity contribution in [3.05, 3.63) is 47.3 Å². The van der Waals surface area contributed by atoms with E-state index in [9.17, 15) is 4.79 Å². The first-order valence-electron chi connectivity index (χ1n) is 7.55. The molecule has 0 bridgehead atoms. The van der Waals surface area contributed by atoms with Crippen molar-refractivity contribution in [2.75, 3.05) is 30.9 Å². The lowest BCUT2D eigenvalue weighted by atomic mass is 10.1. The molecule has 1 aromatic carbocycles. The third-order valence-electron chi connectivity index (χ3n) is 3.42. The van der Waals surface area contributed by atoms with E-state index in [4.69, 9.17) is 4.74 Å². The fourth-order valence-electron chi connectivity index (χ4n) is 2.18. The van der Waals surface area contributed by atoms with Crippen LogP contribution in [0.3, 0.4) is 0 Å². The number of carbonyl (C=O) groups is 1. The Morgan fingerprint density at radius 1 is 1.22 bits per heavy atom. The molecule has 6 nitrogen and oxygen atoms in total. The molecule has 0 unspecified atom stereocenters. The average Bonchev–Trinajstić information content (AvgIpc) is 2.55. The van der Waals surface area contributed by atoms with Gasteiger partial charge in [-0.15, -0.1) is 0 Å². The number of hydrogen-bond acceptors (Lipinski definition) is 5. The molecule has 1 amide bonds. The molecule has 0 aliphatic rings. The number of methoxy groups -OCH3 is 1. The van der Waals surface area contributed by atoms with E-state index in [-0.39, 0.29) is 5.91 Å². The van der Waals surface area contributed by atoms with E-state index in [0.29, 0.717) is 24.8 Å². The van der Waals surface area contributed by atoms with Crippen molar-refractivity contribution in [3.63, 3.8) is 0 Å². The summed E-state index contributed by atoms with van der Waals surface area (Å²) in [5.41, 5.74) is 3.19. The first-order chi connectivity index (χ1) is 11.1. The van der Waals surface area contributed by atoms with Crippen LogP contribution in [0.4, 0.5) is 11.6 Å². The highest BCUT2D eigenvalue weighted by Crippen LogP contribution is 2.20. The number of benzene rings is 1. The zero-order valence-electron chi connectivity index (χ0n) is 13.7. The molecule has 1 aromatic heterocycles. The molecule has 2 aromatic rings. The predicted molar refractivity (Wildman–Crippen MR) is 90.9 cm³/mol. The lowest BCUT2D eigenvalue weighted by Crippen LogP contribution is -2.17. The fraction of sp³-hybridized carbons (Fsp3) is 0.353. The van der Waals surface area contributed by atoms with Crippen LogP contribution in [0.1, 0.15) is 28.0 Å². The monoisotopic (exact) mass is 314 g/mol. The summed E-state index contributed by atoms with van der Waals surface area (Å²) in [5, 5.41) is 6.00. The first kappa shape index (κ1) is 16.9. The molecular weight excluding hydrogens is 292 g/mol. The van der Waals surface area contributed by atoms with Crippen molar-refractivity contribution in [3.8, 4) is 0 Å². The zero-order chi connectivity index (χ0) is 16.7. The highest BCUT2D eigenvalue weighted by atomic mass is 16.5. The number of anilines is 2. The van der Waals surface area contributed by atoms with Crippen molar-refractivity contribution in [1.82, 2.24) is 9.97 Å². The maximum atomic E-state index is 12.4. The number of amides is 1. The van der Waals surface area contributed by atoms with Gasteiger partial charge in [0.2, 0.25) is 5.95 Å². The first-order valence-corrected chi connectivity index (χ1v) is 7.55. The van der Waals surface area contributed by atoms with Gasteiger partial charge in [0.1, 0.15) is 5.69 Å². The number of rotatable bonds is 7. The van der Waals surface area contributed by atoms with E-state index >= 15 is 0 Å². The van der Waals surface area contributed by atoms with Crippen molar-refractivity contribution in [1.29, 1.82) is 0 Å². The highest BCUT2D eigenvalue weighted by molar-refractivity contribution is 6.03. The Kier molecular flexibility index (Phi) is 6.05. The minimum Gasteiger partial charge on any atom is -0.385 e. The molecular formula is C17H22N4O2. The van der Waals surface area contributed by atoms with E-state index in [1.54, 1.807) is 19.4 Å². The van der Waals surface area contributed by atoms with Crippen LogP contribution in [-0.4, -0.2) is 36.1 Å². The number of carbonyl (C=O) groups excluding carboxylic acids is 1. The zero-order valence-corrected chi connectivity index (χ0v) is 13.7. The molecule has 23 heavy (non-hydrogen) atoms. The van der Waals surface area contributed by atoms with Crippen LogP contribution in [-0.2, 0) is 4.74 Å². The van der Waals surface area contributed by atoms with Crippen molar-refractivity contribution < 1.29 is 9.53 Å². The SMILES string of the molecule is COCCCNc1nccc(C(=O)Nc2c(C)cccc2C)n1. The van der Waals surface area contributed by atoms with Gasteiger partial charge in [-0.3, -0.25) is 4.79 Å². The minimum atomic E-state index is -0.246. The summed E-state index contributed by atoms with van der Waals surface area (Å²) in [7, 11) is 1.66. The van der Waals surface area contributed by atoms with Gasteiger partial charge in [0, 0.05) is 32.1 Å². The fourth-order valence-corrected chi connectivity index (χ4v) is 2.18. The Morgan fingerprint density at radius 2 is 1.96 bits per heavy atom. The largest absolute Gasteiger partial charge is 0.385 e. The summed E-state index contributed by atoms with van der Waals surface area (Å²) >= 11 is 0. The van der Waals surface area contributed by atoms with Crippen LogP contribution < -0.4 is 10.6 Å². The maximum absolute atomic E-state index is 12.4. The molecule has 6 heteroatoms. The third-order valence-corrected chi connectivity index (χ3v) is 3.42. The molecule has 0 fully saturated rings. The van der Waals surface area contributed by atoms with Crippen molar-refractivity contribution >= 4 is 17.5 Å². The Morgan fingerprint density at radius 3 is 2.65 bits per heavy atom. The van der Waals surface area contributed by atoms with Gasteiger partial charge in [0.25, 0.3) is 5.91 Å². The van der Waals surface area contributed by atoms with E-state index in [1.807, 2.05) is 32.0 Å². The lowest BCUT2D eigenvalue weighted by Gasteiger charge is -2.11. The molecule has 0 spiro atoms. The number of nitrogens with one attached hydrogen (secondary N) is 2. The van der Waals surface area contributed by atoms with Crippen LogP contribution in [0, 0.1) is 13.8 Å². The summed E-state index contributed by atoms with van der Waals surface area (Å²) in [4.78, 5) is 20.8. The van der Waals surface area contributed by atoms with Gasteiger partial charge in [0.05, 0.1) is 0 Å². The summed E-state index contributed by atoms with van der Waals surface area (Å²) in [6.07, 6.45) is 2.42. The van der Waals surface area contributed by atoms with E-state index in [1.165, 1.54) is 0 Å². The molecule has 0 atom stereocenters. The Bertz CT molecular complexity index is 653. The quantitative estimate of drug-likeness (QED) is 0.769. The van der Waals surface area contributed by atoms with Crippen LogP contribution in [0.2, 0.25) is 0 Å². The molecule has 2 rings (SSSR count). The lowest BCUT2D eigenvalue weighted by molar-refractivity contribution is 0.102. The topological polar surface area (TPSA) is 76.1 Å². The van der Waals surface area contributed by atoms with Gasteiger partial charge < -0.3 is 15.4 Å². The number of aromatic nitrogens is 2. The predicted octanol–water partition coefficient (Wildman–Crippen LogP) is 2.79. The molecule has 122 valence electrons. The number of ether oxygens (including phenoxy) is 1. The molecule has 1 heterocycles. The molecule has 0 aliphatic heterocycles. The van der Waals surface area contributed by atoms with Gasteiger partial charge in [-0.05, 0) is 37.5 Å². The molecule has 2 N–H and O–H groups in total. The van der Waals surface area contributed by atoms with Gasteiger partial charge >= 0.3 is 0 Å². The number of para-hydroxylation sites is 1. The second-order valence-corrected chi connectivity index (χ2v) is 5.26. The number of nitrogens with zero attached hydrogens (tertiary/aromatic N) is 2. The van der Waals surface area contributed by atoms with E-state index < -0.39 is 0 Å². The smallest absolute Gasteiger partial charge is 0.274 e. The summed E-state index contributed by atoms with van der Waals surface area (Å²) in [6.45, 7) is 5.28. The van der Waals surface area contributed by atoms with Gasteiger partial charge in [0.15, 0.2) is 0 Å². The minimum absolute atomic E-state index is 0.246. The van der Waals surface area contributed by atoms with Crippen molar-refractivity contribution in [2.24, 2.45) is 0 Å². The Hall–Kier alpha value is -2.47. The van der Waals surface area contributed by atoms with E-state index in [2.05, 4.69) is 20.6 Å². The van der Waals surface area contributed by atoms with Gasteiger partial charge in [-0.1, -0.05) is 18.2 Å². The molecule has 0 aliphatic carbocycles. The molecule has 0 saturated carbocycles.